The third-order valence-corrected chi connectivity index (χ3v) is 5.86. The molecule has 6 nitrogen and oxygen atoms in total. The van der Waals surface area contributed by atoms with Crippen LogP contribution in [-0.2, 0) is 25.8 Å². The van der Waals surface area contributed by atoms with Gasteiger partial charge in [-0.1, -0.05) is 34.4 Å². The molecule has 2 aromatic rings. The maximum atomic E-state index is 12.1. The number of ether oxygens (including phenoxy) is 1. The smallest absolute Gasteiger partial charge is 0.360 e. The molecule has 0 heterocycles. The molecule has 2 unspecified atom stereocenters. The van der Waals surface area contributed by atoms with Crippen molar-refractivity contribution in [2.75, 3.05) is 14.2 Å². The second kappa shape index (κ2) is 10.9. The van der Waals surface area contributed by atoms with Gasteiger partial charge in [0.2, 0.25) is 0 Å². The molecular weight excluding hydrogens is 418 g/mol. The van der Waals surface area contributed by atoms with Crippen LogP contribution in [-0.4, -0.2) is 31.6 Å². The fourth-order valence-corrected chi connectivity index (χ4v) is 3.51. The molecule has 0 aliphatic heterocycles. The second-order valence-electron chi connectivity index (χ2n) is 6.34. The second-order valence-corrected chi connectivity index (χ2v) is 7.54. The molecule has 0 aliphatic rings. The predicted octanol–water partition coefficient (Wildman–Crippen LogP) is 2.44. The van der Waals surface area contributed by atoms with E-state index in [1.54, 1.807) is 6.07 Å². The number of hydrogen-bond acceptors (Lipinski definition) is 6. The van der Waals surface area contributed by atoms with Crippen molar-refractivity contribution in [1.29, 1.82) is 0 Å². The van der Waals surface area contributed by atoms with E-state index < -0.39 is 5.97 Å². The Kier molecular flexibility index (Phi) is 8.54. The minimum Gasteiger partial charge on any atom is -0.464 e. The number of terminal acetylenes is 1. The van der Waals surface area contributed by atoms with Gasteiger partial charge in [-0.2, -0.15) is 0 Å². The Morgan fingerprint density at radius 2 is 1.90 bits per heavy atom. The molecule has 0 aliphatic carbocycles. The molecule has 0 amide bonds. The van der Waals surface area contributed by atoms with Gasteiger partial charge in [-0.3, -0.25) is 0 Å². The van der Waals surface area contributed by atoms with Crippen LogP contribution in [0.2, 0.25) is 0 Å². The van der Waals surface area contributed by atoms with Crippen LogP contribution in [0.3, 0.4) is 0 Å². The Morgan fingerprint density at radius 1 is 1.17 bits per heavy atom. The third kappa shape index (κ3) is 5.45. The number of carbonyl (C=O) groups excluding carboxylic acids is 1. The first-order chi connectivity index (χ1) is 14.3. The average molecular weight is 442 g/mol. The number of benzene rings is 2. The van der Waals surface area contributed by atoms with Crippen LogP contribution >= 0.6 is 18.5 Å². The van der Waals surface area contributed by atoms with E-state index in [1.165, 1.54) is 14.2 Å². The number of methoxy groups -OCH3 is 1. The SMILES string of the molecule is C#Cc1cc(P)c(P)c(/C(C)=N/OCc2c(C)cccc2/C(=N\OC)C(=O)OC)c1. The quantitative estimate of drug-likeness (QED) is 0.217. The van der Waals surface area contributed by atoms with E-state index in [1.807, 2.05) is 38.1 Å². The van der Waals surface area contributed by atoms with Crippen LogP contribution in [0, 0.1) is 19.3 Å². The van der Waals surface area contributed by atoms with Crippen molar-refractivity contribution in [3.63, 3.8) is 0 Å². The van der Waals surface area contributed by atoms with Crippen LogP contribution in [0.5, 0.6) is 0 Å². The van der Waals surface area contributed by atoms with E-state index in [4.69, 9.17) is 20.8 Å². The van der Waals surface area contributed by atoms with Crippen LogP contribution in [0.15, 0.2) is 40.6 Å². The third-order valence-electron chi connectivity index (χ3n) is 4.41. The Balaban J connectivity index is 2.35. The Bertz CT molecular complexity index is 1060. The van der Waals surface area contributed by atoms with Gasteiger partial charge in [-0.15, -0.1) is 24.9 Å². The molecule has 156 valence electrons. The van der Waals surface area contributed by atoms with E-state index in [9.17, 15) is 4.79 Å². The lowest BCUT2D eigenvalue weighted by Crippen LogP contribution is -2.21. The summed E-state index contributed by atoms with van der Waals surface area (Å²) in [6.45, 7) is 3.89. The summed E-state index contributed by atoms with van der Waals surface area (Å²) in [5.41, 5.74) is 4.60. The standard InChI is InChI=1S/C22H24N2O4P2/c1-6-15-10-17(21(30)19(29)11-15)14(3)23-28-12-18-13(2)8-7-9-16(18)20(24-27-5)22(25)26-4/h1,7-11H,12,29-30H2,2-5H3/b23-14+,24-20+. The highest BCUT2D eigenvalue weighted by Gasteiger charge is 2.20. The molecule has 0 bridgehead atoms. The van der Waals surface area contributed by atoms with Crippen molar-refractivity contribution in [2.45, 2.75) is 20.5 Å². The summed E-state index contributed by atoms with van der Waals surface area (Å²) in [5.74, 6) is 2.04. The maximum Gasteiger partial charge on any atom is 0.360 e. The molecule has 0 saturated carbocycles. The summed E-state index contributed by atoms with van der Waals surface area (Å²) in [4.78, 5) is 22.6. The summed E-state index contributed by atoms with van der Waals surface area (Å²) in [7, 11) is 8.01. The molecular formula is C22H24N2O4P2. The number of aryl methyl sites for hydroxylation is 1. The Labute approximate surface area is 181 Å². The first-order valence-electron chi connectivity index (χ1n) is 8.94. The number of esters is 1. The topological polar surface area (TPSA) is 69.5 Å². The van der Waals surface area contributed by atoms with E-state index in [0.29, 0.717) is 11.3 Å². The molecule has 0 fully saturated rings. The molecule has 2 aromatic carbocycles. The van der Waals surface area contributed by atoms with Gasteiger partial charge in [0.1, 0.15) is 13.7 Å². The molecule has 0 saturated heterocycles. The van der Waals surface area contributed by atoms with Crippen LogP contribution in [0.25, 0.3) is 0 Å². The minimum atomic E-state index is -0.602. The molecule has 2 atom stereocenters. The molecule has 30 heavy (non-hydrogen) atoms. The maximum absolute atomic E-state index is 12.1. The van der Waals surface area contributed by atoms with E-state index in [2.05, 4.69) is 34.7 Å². The predicted molar refractivity (Wildman–Crippen MR) is 127 cm³/mol. The van der Waals surface area contributed by atoms with Crippen LogP contribution in [0.1, 0.15) is 34.7 Å². The highest BCUT2D eigenvalue weighted by Crippen LogP contribution is 2.18. The van der Waals surface area contributed by atoms with E-state index >= 15 is 0 Å². The number of rotatable bonds is 7. The van der Waals surface area contributed by atoms with Gasteiger partial charge >= 0.3 is 5.97 Å². The molecule has 0 radical (unpaired) electrons. The average Bonchev–Trinajstić information content (AvgIpc) is 2.74. The van der Waals surface area contributed by atoms with Gasteiger partial charge in [-0.25, -0.2) is 4.79 Å². The van der Waals surface area contributed by atoms with Gasteiger partial charge in [0.15, 0.2) is 5.71 Å². The lowest BCUT2D eigenvalue weighted by atomic mass is 9.99. The number of carbonyl (C=O) groups is 1. The van der Waals surface area contributed by atoms with Gasteiger partial charge in [0.05, 0.1) is 12.8 Å². The highest BCUT2D eigenvalue weighted by atomic mass is 31.0. The van der Waals surface area contributed by atoms with Crippen LogP contribution < -0.4 is 10.6 Å². The van der Waals surface area contributed by atoms with Crippen LogP contribution in [0.4, 0.5) is 0 Å². The van der Waals surface area contributed by atoms with Gasteiger partial charge in [-0.05, 0) is 42.2 Å². The molecule has 0 spiro atoms. The zero-order valence-corrected chi connectivity index (χ0v) is 19.7. The molecule has 8 heteroatoms. The molecule has 0 aromatic heterocycles. The fraction of sp³-hybridized carbons (Fsp3) is 0.227. The Hall–Kier alpha value is -2.73. The first kappa shape index (κ1) is 23.5. The summed E-state index contributed by atoms with van der Waals surface area (Å²) in [6, 6.07) is 9.29. The van der Waals surface area contributed by atoms with Crippen molar-refractivity contribution < 1.29 is 19.2 Å². The zero-order valence-electron chi connectivity index (χ0n) is 17.4. The number of nitrogens with zero attached hydrogens (tertiary/aromatic N) is 2. The van der Waals surface area contributed by atoms with Crippen molar-refractivity contribution in [3.8, 4) is 12.3 Å². The summed E-state index contributed by atoms with van der Waals surface area (Å²) in [6.07, 6.45) is 5.54. The lowest BCUT2D eigenvalue weighted by Gasteiger charge is -2.13. The summed E-state index contributed by atoms with van der Waals surface area (Å²) in [5, 5.41) is 10.0. The highest BCUT2D eigenvalue weighted by molar-refractivity contribution is 7.36. The largest absolute Gasteiger partial charge is 0.464 e. The summed E-state index contributed by atoms with van der Waals surface area (Å²) < 4.78 is 4.82. The summed E-state index contributed by atoms with van der Waals surface area (Å²) >= 11 is 0. The lowest BCUT2D eigenvalue weighted by molar-refractivity contribution is -0.132. The first-order valence-corrected chi connectivity index (χ1v) is 10.1. The molecule has 2 rings (SSSR count). The van der Waals surface area contributed by atoms with Crippen molar-refractivity contribution in [1.82, 2.24) is 0 Å². The van der Waals surface area contributed by atoms with Crippen molar-refractivity contribution in [2.24, 2.45) is 10.3 Å². The van der Waals surface area contributed by atoms with Gasteiger partial charge < -0.3 is 14.4 Å². The van der Waals surface area contributed by atoms with E-state index in [-0.39, 0.29) is 12.3 Å². The number of hydrogen-bond donors (Lipinski definition) is 0. The minimum absolute atomic E-state index is 0.0598. The number of oxime groups is 2. The van der Waals surface area contributed by atoms with E-state index in [0.717, 1.165) is 32.9 Å². The molecule has 0 N–H and O–H groups in total. The van der Waals surface area contributed by atoms with Gasteiger partial charge in [0.25, 0.3) is 0 Å². The monoisotopic (exact) mass is 442 g/mol. The zero-order chi connectivity index (χ0) is 22.3. The normalized spacial score (nSPS) is 11.6. The van der Waals surface area contributed by atoms with Crippen molar-refractivity contribution >= 4 is 46.5 Å². The fourth-order valence-electron chi connectivity index (χ4n) is 2.80. The van der Waals surface area contributed by atoms with Gasteiger partial charge in [0, 0.05) is 22.3 Å². The Morgan fingerprint density at radius 3 is 2.53 bits per heavy atom. The van der Waals surface area contributed by atoms with Crippen molar-refractivity contribution in [3.05, 3.63) is 58.1 Å².